The van der Waals surface area contributed by atoms with Crippen molar-refractivity contribution in [1.82, 2.24) is 14.9 Å². The smallest absolute Gasteiger partial charge is 0.249 e. The molecule has 2 aliphatic rings. The molecule has 0 bridgehead atoms. The molecule has 0 unspecified atom stereocenters. The number of likely N-dealkylation sites (tertiary alicyclic amines) is 1. The maximum absolute atomic E-state index is 12.6. The molecule has 3 heterocycles. The van der Waals surface area contributed by atoms with Gasteiger partial charge in [-0.1, -0.05) is 37.6 Å². The van der Waals surface area contributed by atoms with Crippen LogP contribution < -0.4 is 4.90 Å². The highest BCUT2D eigenvalue weighted by Crippen LogP contribution is 2.29. The molecule has 1 saturated heterocycles. The number of anilines is 1. The fraction of sp³-hybridized carbons (Fsp3) is 0.500. The van der Waals surface area contributed by atoms with Gasteiger partial charge in [-0.25, -0.2) is 18.4 Å². The van der Waals surface area contributed by atoms with Gasteiger partial charge in [-0.2, -0.15) is 0 Å². The van der Waals surface area contributed by atoms with Crippen LogP contribution in [0.4, 0.5) is 5.82 Å². The molecule has 1 aromatic heterocycles. The van der Waals surface area contributed by atoms with Crippen molar-refractivity contribution in [3.8, 4) is 0 Å². The molecule has 1 aromatic carbocycles. The highest BCUT2D eigenvalue weighted by atomic mass is 32.2. The van der Waals surface area contributed by atoms with Crippen LogP contribution in [0.5, 0.6) is 0 Å². The standard InChI is InChI=1S/C22H28N4O3S/c1-2-3-11-30(28,29)22-23-14-19-13-20(27)26(21(19)24-22)16-18-8-6-7-17(12-18)15-25-9-4-5-10-25/h6-8,12,14H,2-5,9-11,13,15-16H2,1H3. The Hall–Kier alpha value is -2.32. The van der Waals surface area contributed by atoms with E-state index in [2.05, 4.69) is 27.0 Å². The third-order valence-electron chi connectivity index (χ3n) is 5.70. The van der Waals surface area contributed by atoms with E-state index in [1.807, 2.05) is 19.1 Å². The van der Waals surface area contributed by atoms with E-state index in [-0.39, 0.29) is 23.2 Å². The molecule has 7 nitrogen and oxygen atoms in total. The first-order valence-electron chi connectivity index (χ1n) is 10.7. The number of nitrogens with zero attached hydrogens (tertiary/aromatic N) is 4. The predicted molar refractivity (Wildman–Crippen MR) is 115 cm³/mol. The Kier molecular flexibility index (Phi) is 6.15. The Morgan fingerprint density at radius 3 is 2.57 bits per heavy atom. The van der Waals surface area contributed by atoms with E-state index >= 15 is 0 Å². The lowest BCUT2D eigenvalue weighted by Crippen LogP contribution is -2.27. The minimum Gasteiger partial charge on any atom is -0.299 e. The Morgan fingerprint density at radius 2 is 1.83 bits per heavy atom. The zero-order chi connectivity index (χ0) is 21.1. The number of fused-ring (bicyclic) bond motifs is 1. The van der Waals surface area contributed by atoms with Gasteiger partial charge in [0.05, 0.1) is 18.7 Å². The molecule has 2 aromatic rings. The van der Waals surface area contributed by atoms with Crippen LogP contribution in [0.1, 0.15) is 49.3 Å². The van der Waals surface area contributed by atoms with Gasteiger partial charge in [0.1, 0.15) is 5.82 Å². The van der Waals surface area contributed by atoms with Crippen LogP contribution in [0.2, 0.25) is 0 Å². The average Bonchev–Trinajstić information content (AvgIpc) is 3.34. The van der Waals surface area contributed by atoms with Crippen LogP contribution in [0.25, 0.3) is 0 Å². The summed E-state index contributed by atoms with van der Waals surface area (Å²) in [4.78, 5) is 25.0. The number of carbonyl (C=O) groups is 1. The fourth-order valence-electron chi connectivity index (χ4n) is 4.06. The van der Waals surface area contributed by atoms with E-state index < -0.39 is 9.84 Å². The minimum atomic E-state index is -3.54. The molecule has 0 aliphatic carbocycles. The number of unbranched alkanes of at least 4 members (excludes halogenated alkanes) is 1. The van der Waals surface area contributed by atoms with Crippen molar-refractivity contribution in [3.05, 3.63) is 47.2 Å². The van der Waals surface area contributed by atoms with Crippen LogP contribution in [-0.4, -0.2) is 48.0 Å². The number of hydrogen-bond acceptors (Lipinski definition) is 6. The molecule has 0 N–H and O–H groups in total. The number of benzene rings is 1. The molecule has 8 heteroatoms. The summed E-state index contributed by atoms with van der Waals surface area (Å²) < 4.78 is 25.0. The first kappa shape index (κ1) is 20.9. The zero-order valence-corrected chi connectivity index (χ0v) is 18.2. The van der Waals surface area contributed by atoms with Crippen LogP contribution in [0.15, 0.2) is 35.6 Å². The van der Waals surface area contributed by atoms with Crippen LogP contribution in [-0.2, 0) is 34.1 Å². The van der Waals surface area contributed by atoms with Gasteiger partial charge >= 0.3 is 0 Å². The number of carbonyl (C=O) groups excluding carboxylic acids is 1. The van der Waals surface area contributed by atoms with Crippen LogP contribution >= 0.6 is 0 Å². The van der Waals surface area contributed by atoms with Crippen molar-refractivity contribution in [3.63, 3.8) is 0 Å². The van der Waals surface area contributed by atoms with Gasteiger partial charge in [0.25, 0.3) is 0 Å². The highest BCUT2D eigenvalue weighted by Gasteiger charge is 2.31. The second kappa shape index (κ2) is 8.81. The Labute approximate surface area is 178 Å². The summed E-state index contributed by atoms with van der Waals surface area (Å²) in [6.45, 7) is 5.51. The predicted octanol–water partition coefficient (Wildman–Crippen LogP) is 2.74. The van der Waals surface area contributed by atoms with Crippen molar-refractivity contribution in [2.75, 3.05) is 23.7 Å². The van der Waals surface area contributed by atoms with E-state index in [1.54, 1.807) is 4.90 Å². The molecule has 0 radical (unpaired) electrons. The number of hydrogen-bond donors (Lipinski definition) is 0. The van der Waals surface area contributed by atoms with Gasteiger partial charge in [0.2, 0.25) is 20.9 Å². The van der Waals surface area contributed by atoms with E-state index in [9.17, 15) is 13.2 Å². The minimum absolute atomic E-state index is 0.0226. The first-order valence-corrected chi connectivity index (χ1v) is 12.3. The Morgan fingerprint density at radius 1 is 1.10 bits per heavy atom. The number of amides is 1. The van der Waals surface area contributed by atoms with Crippen molar-refractivity contribution in [2.24, 2.45) is 0 Å². The van der Waals surface area contributed by atoms with Crippen molar-refractivity contribution >= 4 is 21.6 Å². The zero-order valence-electron chi connectivity index (χ0n) is 17.4. The summed E-state index contributed by atoms with van der Waals surface area (Å²) in [5, 5.41) is -0.183. The van der Waals surface area contributed by atoms with Gasteiger partial charge in [-0.15, -0.1) is 0 Å². The number of rotatable bonds is 8. The third kappa shape index (κ3) is 4.54. The molecule has 4 rings (SSSR count). The molecular weight excluding hydrogens is 400 g/mol. The monoisotopic (exact) mass is 428 g/mol. The summed E-state index contributed by atoms with van der Waals surface area (Å²) in [6.07, 6.45) is 5.54. The van der Waals surface area contributed by atoms with E-state index in [4.69, 9.17) is 0 Å². The summed E-state index contributed by atoms with van der Waals surface area (Å²) in [5.74, 6) is 0.372. The molecule has 1 amide bonds. The maximum Gasteiger partial charge on any atom is 0.249 e. The van der Waals surface area contributed by atoms with Gasteiger partial charge < -0.3 is 0 Å². The van der Waals surface area contributed by atoms with Crippen LogP contribution in [0, 0.1) is 0 Å². The molecule has 0 saturated carbocycles. The summed E-state index contributed by atoms with van der Waals surface area (Å²) in [6, 6.07) is 8.26. The molecule has 1 fully saturated rings. The van der Waals surface area contributed by atoms with Gasteiger partial charge in [-0.05, 0) is 43.5 Å². The van der Waals surface area contributed by atoms with Crippen LogP contribution in [0.3, 0.4) is 0 Å². The topological polar surface area (TPSA) is 83.5 Å². The summed E-state index contributed by atoms with van der Waals surface area (Å²) in [5.41, 5.74) is 2.93. The van der Waals surface area contributed by atoms with E-state index in [0.717, 1.165) is 31.6 Å². The largest absolute Gasteiger partial charge is 0.299 e. The third-order valence-corrected chi connectivity index (χ3v) is 7.28. The van der Waals surface area contributed by atoms with Gasteiger partial charge in [-0.3, -0.25) is 14.6 Å². The quantitative estimate of drug-likeness (QED) is 0.601. The fourth-order valence-corrected chi connectivity index (χ4v) is 5.35. The molecule has 2 aliphatic heterocycles. The molecule has 0 spiro atoms. The van der Waals surface area contributed by atoms with Crippen molar-refractivity contribution in [2.45, 2.75) is 57.3 Å². The first-order chi connectivity index (χ1) is 14.5. The SMILES string of the molecule is CCCCS(=O)(=O)c1ncc2c(n1)N(Cc1cccc(CN3CCCC3)c1)C(=O)C2. The normalized spacial score (nSPS) is 17.0. The molecular formula is C22H28N4O3S. The Balaban J connectivity index is 1.55. The van der Waals surface area contributed by atoms with Crippen molar-refractivity contribution < 1.29 is 13.2 Å². The second-order valence-electron chi connectivity index (χ2n) is 8.13. The second-order valence-corrected chi connectivity index (χ2v) is 10.1. The number of aromatic nitrogens is 2. The van der Waals surface area contributed by atoms with Crippen molar-refractivity contribution in [1.29, 1.82) is 0 Å². The lowest BCUT2D eigenvalue weighted by Gasteiger charge is -2.19. The summed E-state index contributed by atoms with van der Waals surface area (Å²) >= 11 is 0. The average molecular weight is 429 g/mol. The lowest BCUT2D eigenvalue weighted by atomic mass is 10.1. The lowest BCUT2D eigenvalue weighted by molar-refractivity contribution is -0.117. The number of sulfone groups is 1. The maximum atomic E-state index is 12.6. The highest BCUT2D eigenvalue weighted by molar-refractivity contribution is 7.91. The molecule has 30 heavy (non-hydrogen) atoms. The molecule has 160 valence electrons. The molecule has 0 atom stereocenters. The van der Waals surface area contributed by atoms with E-state index in [0.29, 0.717) is 24.3 Å². The van der Waals surface area contributed by atoms with Gasteiger partial charge in [0, 0.05) is 18.3 Å². The summed E-state index contributed by atoms with van der Waals surface area (Å²) in [7, 11) is -3.54. The van der Waals surface area contributed by atoms with E-state index in [1.165, 1.54) is 24.6 Å². The van der Waals surface area contributed by atoms with Gasteiger partial charge in [0.15, 0.2) is 0 Å². The Bertz CT molecular complexity index is 1030.